The standard InChI is InChI=1S/C12H16N2O4S/c13-10-7-9(8-11-12(10)18-6-5-17-11)19(15,16)14-3-1-2-4-14/h7-8H,1-6,13H2. The highest BCUT2D eigenvalue weighted by Gasteiger charge is 2.29. The second-order valence-corrected chi connectivity index (χ2v) is 6.59. The molecule has 0 saturated carbocycles. The van der Waals surface area contributed by atoms with E-state index in [-0.39, 0.29) is 4.90 Å². The predicted molar refractivity (Wildman–Crippen MR) is 69.8 cm³/mol. The summed E-state index contributed by atoms with van der Waals surface area (Å²) in [5, 5.41) is 0. The third kappa shape index (κ3) is 2.12. The van der Waals surface area contributed by atoms with E-state index in [1.165, 1.54) is 16.4 Å². The van der Waals surface area contributed by atoms with Crippen molar-refractivity contribution in [2.45, 2.75) is 17.7 Å². The molecule has 2 N–H and O–H groups in total. The molecule has 1 aromatic rings. The maximum atomic E-state index is 12.4. The Hall–Kier alpha value is -1.47. The first-order valence-corrected chi connectivity index (χ1v) is 7.72. The molecule has 1 saturated heterocycles. The first kappa shape index (κ1) is 12.6. The number of sulfonamides is 1. The summed E-state index contributed by atoms with van der Waals surface area (Å²) in [6.07, 6.45) is 1.80. The van der Waals surface area contributed by atoms with Crippen molar-refractivity contribution in [3.8, 4) is 11.5 Å². The molecule has 2 heterocycles. The van der Waals surface area contributed by atoms with Gasteiger partial charge in [0.25, 0.3) is 0 Å². The van der Waals surface area contributed by atoms with Crippen LogP contribution in [0.15, 0.2) is 17.0 Å². The summed E-state index contributed by atoms with van der Waals surface area (Å²) in [5.41, 5.74) is 6.15. The molecule has 0 aromatic heterocycles. The van der Waals surface area contributed by atoms with E-state index < -0.39 is 10.0 Å². The van der Waals surface area contributed by atoms with Gasteiger partial charge in [-0.3, -0.25) is 0 Å². The van der Waals surface area contributed by atoms with Crippen LogP contribution in [0, 0.1) is 0 Å². The minimum Gasteiger partial charge on any atom is -0.486 e. The lowest BCUT2D eigenvalue weighted by atomic mass is 10.2. The second kappa shape index (κ2) is 4.57. The van der Waals surface area contributed by atoms with Crippen LogP contribution >= 0.6 is 0 Å². The smallest absolute Gasteiger partial charge is 0.243 e. The van der Waals surface area contributed by atoms with E-state index in [0.717, 1.165) is 12.8 Å². The van der Waals surface area contributed by atoms with Crippen molar-refractivity contribution < 1.29 is 17.9 Å². The van der Waals surface area contributed by atoms with Gasteiger partial charge in [0, 0.05) is 19.2 Å². The van der Waals surface area contributed by atoms with E-state index in [1.807, 2.05) is 0 Å². The van der Waals surface area contributed by atoms with E-state index in [0.29, 0.717) is 43.5 Å². The summed E-state index contributed by atoms with van der Waals surface area (Å²) in [4.78, 5) is 0.177. The van der Waals surface area contributed by atoms with Crippen LogP contribution in [0.4, 0.5) is 5.69 Å². The van der Waals surface area contributed by atoms with Gasteiger partial charge in [-0.2, -0.15) is 4.31 Å². The van der Waals surface area contributed by atoms with Crippen molar-refractivity contribution in [2.24, 2.45) is 0 Å². The Labute approximate surface area is 112 Å². The zero-order valence-electron chi connectivity index (χ0n) is 10.5. The van der Waals surface area contributed by atoms with Crippen LogP contribution in [-0.4, -0.2) is 39.0 Å². The van der Waals surface area contributed by atoms with E-state index in [9.17, 15) is 8.42 Å². The van der Waals surface area contributed by atoms with Crippen LogP contribution in [0.1, 0.15) is 12.8 Å². The van der Waals surface area contributed by atoms with Crippen molar-refractivity contribution in [1.29, 1.82) is 0 Å². The molecule has 1 aromatic carbocycles. The lowest BCUT2D eigenvalue weighted by Crippen LogP contribution is -2.28. The van der Waals surface area contributed by atoms with E-state index in [1.54, 1.807) is 0 Å². The van der Waals surface area contributed by atoms with Crippen molar-refractivity contribution >= 4 is 15.7 Å². The van der Waals surface area contributed by atoms with Crippen LogP contribution < -0.4 is 15.2 Å². The molecule has 7 heteroatoms. The molecular formula is C12H16N2O4S. The Morgan fingerprint density at radius 3 is 2.53 bits per heavy atom. The zero-order chi connectivity index (χ0) is 13.5. The summed E-state index contributed by atoms with van der Waals surface area (Å²) in [5.74, 6) is 0.843. The number of anilines is 1. The monoisotopic (exact) mass is 284 g/mol. The summed E-state index contributed by atoms with van der Waals surface area (Å²) >= 11 is 0. The van der Waals surface area contributed by atoms with Gasteiger partial charge in [-0.25, -0.2) is 8.42 Å². The van der Waals surface area contributed by atoms with Crippen LogP contribution in [0.25, 0.3) is 0 Å². The fourth-order valence-corrected chi connectivity index (χ4v) is 3.95. The normalized spacial score (nSPS) is 19.6. The van der Waals surface area contributed by atoms with E-state index in [2.05, 4.69) is 0 Å². The van der Waals surface area contributed by atoms with Gasteiger partial charge >= 0.3 is 0 Å². The summed E-state index contributed by atoms with van der Waals surface area (Å²) < 4.78 is 37.2. The van der Waals surface area contributed by atoms with Gasteiger partial charge < -0.3 is 15.2 Å². The third-order valence-electron chi connectivity index (χ3n) is 3.35. The lowest BCUT2D eigenvalue weighted by Gasteiger charge is -2.22. The van der Waals surface area contributed by atoms with Gasteiger partial charge in [-0.05, 0) is 18.9 Å². The quantitative estimate of drug-likeness (QED) is 0.813. The largest absolute Gasteiger partial charge is 0.486 e. The number of nitrogen functional groups attached to an aromatic ring is 1. The molecule has 0 spiro atoms. The Bertz CT molecular complexity index is 594. The minimum atomic E-state index is -3.48. The number of nitrogens with zero attached hydrogens (tertiary/aromatic N) is 1. The van der Waals surface area contributed by atoms with Crippen molar-refractivity contribution in [2.75, 3.05) is 32.0 Å². The average Bonchev–Trinajstić information content (AvgIpc) is 2.93. The number of ether oxygens (including phenoxy) is 2. The molecule has 2 aliphatic rings. The maximum Gasteiger partial charge on any atom is 0.243 e. The molecule has 0 atom stereocenters. The summed E-state index contributed by atoms with van der Waals surface area (Å²) in [6, 6.07) is 2.94. The van der Waals surface area contributed by atoms with Gasteiger partial charge in [0.15, 0.2) is 11.5 Å². The average molecular weight is 284 g/mol. The fraction of sp³-hybridized carbons (Fsp3) is 0.500. The molecule has 19 heavy (non-hydrogen) atoms. The topological polar surface area (TPSA) is 81.9 Å². The molecule has 104 valence electrons. The minimum absolute atomic E-state index is 0.177. The number of nitrogens with two attached hydrogens (primary N) is 1. The van der Waals surface area contributed by atoms with Crippen LogP contribution in [0.3, 0.4) is 0 Å². The molecule has 3 rings (SSSR count). The Kier molecular flexibility index (Phi) is 3.02. The molecule has 0 aliphatic carbocycles. The summed E-state index contributed by atoms with van der Waals surface area (Å²) in [6.45, 7) is 1.96. The van der Waals surface area contributed by atoms with Crippen molar-refractivity contribution in [3.05, 3.63) is 12.1 Å². The van der Waals surface area contributed by atoms with Crippen molar-refractivity contribution in [1.82, 2.24) is 4.31 Å². The van der Waals surface area contributed by atoms with Gasteiger partial charge in [-0.1, -0.05) is 0 Å². The number of rotatable bonds is 2. The molecule has 0 amide bonds. The lowest BCUT2D eigenvalue weighted by molar-refractivity contribution is 0.172. The predicted octanol–water partition coefficient (Wildman–Crippen LogP) is 0.824. The second-order valence-electron chi connectivity index (χ2n) is 4.65. The van der Waals surface area contributed by atoms with E-state index in [4.69, 9.17) is 15.2 Å². The highest BCUT2D eigenvalue weighted by atomic mass is 32.2. The highest BCUT2D eigenvalue weighted by Crippen LogP contribution is 2.39. The maximum absolute atomic E-state index is 12.4. The molecular weight excluding hydrogens is 268 g/mol. The molecule has 0 radical (unpaired) electrons. The van der Waals surface area contributed by atoms with Crippen LogP contribution in [-0.2, 0) is 10.0 Å². The highest BCUT2D eigenvalue weighted by molar-refractivity contribution is 7.89. The zero-order valence-corrected chi connectivity index (χ0v) is 11.3. The Morgan fingerprint density at radius 2 is 1.79 bits per heavy atom. The summed E-state index contributed by atoms with van der Waals surface area (Å²) in [7, 11) is -3.48. The van der Waals surface area contributed by atoms with Gasteiger partial charge in [0.05, 0.1) is 10.6 Å². The third-order valence-corrected chi connectivity index (χ3v) is 5.22. The van der Waals surface area contributed by atoms with Gasteiger partial charge in [0.1, 0.15) is 13.2 Å². The van der Waals surface area contributed by atoms with E-state index >= 15 is 0 Å². The fourth-order valence-electron chi connectivity index (χ4n) is 2.38. The molecule has 6 nitrogen and oxygen atoms in total. The number of benzene rings is 1. The van der Waals surface area contributed by atoms with Gasteiger partial charge in [0.2, 0.25) is 10.0 Å². The number of hydrogen-bond donors (Lipinski definition) is 1. The molecule has 0 bridgehead atoms. The van der Waals surface area contributed by atoms with Crippen LogP contribution in [0.2, 0.25) is 0 Å². The van der Waals surface area contributed by atoms with Gasteiger partial charge in [-0.15, -0.1) is 0 Å². The molecule has 1 fully saturated rings. The van der Waals surface area contributed by atoms with Crippen LogP contribution in [0.5, 0.6) is 11.5 Å². The number of hydrogen-bond acceptors (Lipinski definition) is 5. The number of fused-ring (bicyclic) bond motifs is 1. The Balaban J connectivity index is 2.03. The Morgan fingerprint density at radius 1 is 1.11 bits per heavy atom. The SMILES string of the molecule is Nc1cc(S(=O)(=O)N2CCCC2)cc2c1OCCO2. The first-order chi connectivity index (χ1) is 9.09. The first-order valence-electron chi connectivity index (χ1n) is 6.28. The van der Waals surface area contributed by atoms with Crippen molar-refractivity contribution in [3.63, 3.8) is 0 Å². The molecule has 2 aliphatic heterocycles. The molecule has 0 unspecified atom stereocenters.